The maximum atomic E-state index is 11.7. The van der Waals surface area contributed by atoms with E-state index < -0.39 is 0 Å². The zero-order chi connectivity index (χ0) is 12.8. The van der Waals surface area contributed by atoms with Gasteiger partial charge in [0.15, 0.2) is 0 Å². The van der Waals surface area contributed by atoms with Crippen molar-refractivity contribution in [2.24, 2.45) is 5.92 Å². The van der Waals surface area contributed by atoms with Crippen LogP contribution in [0, 0.1) is 5.92 Å². The lowest BCUT2D eigenvalue weighted by molar-refractivity contribution is -0.117. The van der Waals surface area contributed by atoms with Gasteiger partial charge in [0, 0.05) is 20.1 Å². The van der Waals surface area contributed by atoms with Crippen LogP contribution < -0.4 is 11.1 Å². The Morgan fingerprint density at radius 2 is 2.29 bits per heavy atom. The average molecular weight is 257 g/mol. The van der Waals surface area contributed by atoms with Crippen LogP contribution in [0.25, 0.3) is 0 Å². The van der Waals surface area contributed by atoms with Gasteiger partial charge in [-0.3, -0.25) is 4.79 Å². The quantitative estimate of drug-likeness (QED) is 0.796. The molecule has 0 radical (unpaired) electrons. The Balaban J connectivity index is 2.59. The molecule has 17 heavy (non-hydrogen) atoms. The van der Waals surface area contributed by atoms with Crippen LogP contribution in [-0.2, 0) is 9.53 Å². The molecule has 0 saturated heterocycles. The van der Waals surface area contributed by atoms with E-state index in [1.807, 2.05) is 6.92 Å². The molecule has 0 bridgehead atoms. The zero-order valence-electron chi connectivity index (χ0n) is 10.00. The molecule has 1 rings (SSSR count). The van der Waals surface area contributed by atoms with Crippen LogP contribution in [0.2, 0.25) is 5.02 Å². The number of hydrogen-bond donors (Lipinski definition) is 2. The van der Waals surface area contributed by atoms with E-state index in [0.717, 1.165) is 0 Å². The Morgan fingerprint density at radius 3 is 2.94 bits per heavy atom. The average Bonchev–Trinajstić information content (AvgIpc) is 2.25. The number of carbonyl (C=O) groups excluding carboxylic acids is 1. The van der Waals surface area contributed by atoms with Crippen molar-refractivity contribution in [2.75, 3.05) is 24.8 Å². The van der Waals surface area contributed by atoms with Gasteiger partial charge in [-0.1, -0.05) is 24.6 Å². The van der Waals surface area contributed by atoms with E-state index in [1.54, 1.807) is 25.3 Å². The number of amides is 1. The molecule has 0 saturated carbocycles. The van der Waals surface area contributed by atoms with Gasteiger partial charge in [0.05, 0.1) is 16.4 Å². The van der Waals surface area contributed by atoms with Crippen LogP contribution in [0.15, 0.2) is 18.2 Å². The van der Waals surface area contributed by atoms with Crippen molar-refractivity contribution < 1.29 is 9.53 Å². The van der Waals surface area contributed by atoms with Crippen molar-refractivity contribution >= 4 is 28.9 Å². The van der Waals surface area contributed by atoms with Crippen LogP contribution >= 0.6 is 11.6 Å². The number of nitrogen functional groups attached to an aromatic ring is 1. The molecule has 94 valence electrons. The number of halogens is 1. The van der Waals surface area contributed by atoms with Crippen molar-refractivity contribution in [3.8, 4) is 0 Å². The predicted molar refractivity (Wildman–Crippen MR) is 70.2 cm³/mol. The first-order valence-corrected chi connectivity index (χ1v) is 5.75. The van der Waals surface area contributed by atoms with Crippen molar-refractivity contribution in [2.45, 2.75) is 13.3 Å². The number of rotatable bonds is 5. The fourth-order valence-electron chi connectivity index (χ4n) is 1.51. The van der Waals surface area contributed by atoms with Crippen LogP contribution in [0.1, 0.15) is 13.3 Å². The minimum atomic E-state index is -0.0953. The maximum absolute atomic E-state index is 11.7. The van der Waals surface area contributed by atoms with E-state index in [-0.39, 0.29) is 11.8 Å². The van der Waals surface area contributed by atoms with Gasteiger partial charge in [-0.05, 0) is 18.1 Å². The molecule has 0 aliphatic rings. The Kier molecular flexibility index (Phi) is 5.25. The number of nitrogens with two attached hydrogens (primary N) is 1. The highest BCUT2D eigenvalue weighted by atomic mass is 35.5. The van der Waals surface area contributed by atoms with Gasteiger partial charge in [0.25, 0.3) is 0 Å². The summed E-state index contributed by atoms with van der Waals surface area (Å²) in [5.74, 6) is 0.0712. The highest BCUT2D eigenvalue weighted by Crippen LogP contribution is 2.27. The summed E-state index contributed by atoms with van der Waals surface area (Å²) in [7, 11) is 1.61. The molecule has 1 atom stereocenters. The predicted octanol–water partition coefficient (Wildman–Crippen LogP) is 2.53. The number of benzene rings is 1. The summed E-state index contributed by atoms with van der Waals surface area (Å²) in [4.78, 5) is 11.7. The van der Waals surface area contributed by atoms with E-state index in [2.05, 4.69) is 5.32 Å². The molecular weight excluding hydrogens is 240 g/mol. The smallest absolute Gasteiger partial charge is 0.224 e. The molecule has 3 N–H and O–H groups in total. The molecule has 1 amide bonds. The summed E-state index contributed by atoms with van der Waals surface area (Å²) < 4.78 is 4.97. The van der Waals surface area contributed by atoms with Crippen LogP contribution in [0.5, 0.6) is 0 Å². The standard InChI is InChI=1S/C12H17ClN2O2/c1-8(7-17-2)6-11(16)15-10-5-3-4-9(14)12(10)13/h3-5,8H,6-7,14H2,1-2H3,(H,15,16). The third-order valence-electron chi connectivity index (χ3n) is 2.29. The number of nitrogens with one attached hydrogen (secondary N) is 1. The molecule has 4 nitrogen and oxygen atoms in total. The van der Waals surface area contributed by atoms with Crippen LogP contribution in [0.3, 0.4) is 0 Å². The molecule has 1 aromatic rings. The number of methoxy groups -OCH3 is 1. The molecule has 0 aliphatic carbocycles. The van der Waals surface area contributed by atoms with Gasteiger partial charge in [-0.15, -0.1) is 0 Å². The third kappa shape index (κ3) is 4.24. The molecule has 0 spiro atoms. The van der Waals surface area contributed by atoms with Gasteiger partial charge in [-0.25, -0.2) is 0 Å². The summed E-state index contributed by atoms with van der Waals surface area (Å²) in [5.41, 5.74) is 6.64. The van der Waals surface area contributed by atoms with Gasteiger partial charge >= 0.3 is 0 Å². The lowest BCUT2D eigenvalue weighted by atomic mass is 10.1. The Bertz CT molecular complexity index is 396. The van der Waals surface area contributed by atoms with E-state index in [9.17, 15) is 4.79 Å². The molecule has 0 aliphatic heterocycles. The van der Waals surface area contributed by atoms with Gasteiger partial charge in [-0.2, -0.15) is 0 Å². The van der Waals surface area contributed by atoms with Crippen LogP contribution in [-0.4, -0.2) is 19.6 Å². The summed E-state index contributed by atoms with van der Waals surface area (Å²) >= 11 is 5.97. The van der Waals surface area contributed by atoms with E-state index >= 15 is 0 Å². The van der Waals surface area contributed by atoms with Crippen molar-refractivity contribution in [1.29, 1.82) is 0 Å². The second-order valence-corrected chi connectivity index (χ2v) is 4.40. The summed E-state index contributed by atoms with van der Waals surface area (Å²) in [6, 6.07) is 5.15. The van der Waals surface area contributed by atoms with Gasteiger partial charge in [0.2, 0.25) is 5.91 Å². The minimum Gasteiger partial charge on any atom is -0.397 e. The highest BCUT2D eigenvalue weighted by Gasteiger charge is 2.11. The lowest BCUT2D eigenvalue weighted by Gasteiger charge is -2.12. The number of hydrogen-bond acceptors (Lipinski definition) is 3. The normalized spacial score (nSPS) is 12.2. The third-order valence-corrected chi connectivity index (χ3v) is 2.71. The van der Waals surface area contributed by atoms with E-state index in [1.165, 1.54) is 0 Å². The Labute approximate surface area is 106 Å². The summed E-state index contributed by atoms with van der Waals surface area (Å²) in [6.45, 7) is 2.50. The Hall–Kier alpha value is -1.26. The SMILES string of the molecule is COCC(C)CC(=O)Nc1cccc(N)c1Cl. The summed E-state index contributed by atoms with van der Waals surface area (Å²) in [6.07, 6.45) is 0.388. The second-order valence-electron chi connectivity index (χ2n) is 4.02. The highest BCUT2D eigenvalue weighted by molar-refractivity contribution is 6.36. The van der Waals surface area contributed by atoms with Crippen molar-refractivity contribution in [1.82, 2.24) is 0 Å². The largest absolute Gasteiger partial charge is 0.397 e. The van der Waals surface area contributed by atoms with Crippen molar-refractivity contribution in [3.63, 3.8) is 0 Å². The fraction of sp³-hybridized carbons (Fsp3) is 0.417. The first-order chi connectivity index (χ1) is 8.04. The number of carbonyl (C=O) groups is 1. The van der Waals surface area contributed by atoms with Gasteiger partial charge in [0.1, 0.15) is 0 Å². The maximum Gasteiger partial charge on any atom is 0.224 e. The summed E-state index contributed by atoms with van der Waals surface area (Å²) in [5, 5.41) is 3.11. The van der Waals surface area contributed by atoms with E-state index in [4.69, 9.17) is 22.1 Å². The molecular formula is C12H17ClN2O2. The number of anilines is 2. The molecule has 5 heteroatoms. The first-order valence-electron chi connectivity index (χ1n) is 5.37. The zero-order valence-corrected chi connectivity index (χ0v) is 10.8. The van der Waals surface area contributed by atoms with Crippen LogP contribution in [0.4, 0.5) is 11.4 Å². The van der Waals surface area contributed by atoms with E-state index in [0.29, 0.717) is 29.4 Å². The fourth-order valence-corrected chi connectivity index (χ4v) is 1.68. The monoisotopic (exact) mass is 256 g/mol. The topological polar surface area (TPSA) is 64.3 Å². The molecule has 0 fully saturated rings. The van der Waals surface area contributed by atoms with Gasteiger partial charge < -0.3 is 15.8 Å². The second kappa shape index (κ2) is 6.47. The number of ether oxygens (including phenoxy) is 1. The first kappa shape index (κ1) is 13.8. The molecule has 0 heterocycles. The lowest BCUT2D eigenvalue weighted by Crippen LogP contribution is -2.17. The molecule has 1 unspecified atom stereocenters. The molecule has 0 aromatic heterocycles. The van der Waals surface area contributed by atoms with Crippen molar-refractivity contribution in [3.05, 3.63) is 23.2 Å². The Morgan fingerprint density at radius 1 is 1.59 bits per heavy atom. The molecule has 1 aromatic carbocycles. The minimum absolute atomic E-state index is 0.0953.